The maximum Gasteiger partial charge on any atom is 0.179 e. The zero-order chi connectivity index (χ0) is 11.5. The van der Waals surface area contributed by atoms with Gasteiger partial charge in [0.05, 0.1) is 6.04 Å². The van der Waals surface area contributed by atoms with Crippen molar-refractivity contribution in [2.45, 2.75) is 38.8 Å². The fourth-order valence-electron chi connectivity index (χ4n) is 2.53. The molecular weight excluding hydrogens is 198 g/mol. The van der Waals surface area contributed by atoms with Gasteiger partial charge in [0.25, 0.3) is 0 Å². The first-order chi connectivity index (χ1) is 7.70. The van der Waals surface area contributed by atoms with Gasteiger partial charge in [-0.25, -0.2) is 0 Å². The average Bonchev–Trinajstić information content (AvgIpc) is 2.75. The van der Waals surface area contributed by atoms with Gasteiger partial charge in [0, 0.05) is 11.6 Å². The van der Waals surface area contributed by atoms with Crippen molar-refractivity contribution >= 4 is 5.78 Å². The van der Waals surface area contributed by atoms with E-state index in [4.69, 9.17) is 0 Å². The fourth-order valence-corrected chi connectivity index (χ4v) is 2.53. The van der Waals surface area contributed by atoms with Crippen molar-refractivity contribution < 1.29 is 4.79 Å². The Morgan fingerprint density at radius 2 is 2.06 bits per heavy atom. The van der Waals surface area contributed by atoms with Crippen molar-refractivity contribution in [3.05, 3.63) is 35.9 Å². The van der Waals surface area contributed by atoms with E-state index in [0.717, 1.165) is 12.1 Å². The normalized spacial score (nSPS) is 23.2. The van der Waals surface area contributed by atoms with Crippen LogP contribution in [0.2, 0.25) is 0 Å². The highest BCUT2D eigenvalue weighted by molar-refractivity contribution is 5.99. The predicted molar refractivity (Wildman–Crippen MR) is 65.6 cm³/mol. The largest absolute Gasteiger partial charge is 0.292 e. The molecule has 1 aromatic carbocycles. The summed E-state index contributed by atoms with van der Waals surface area (Å²) >= 11 is 0. The Morgan fingerprint density at radius 1 is 1.38 bits per heavy atom. The maximum absolute atomic E-state index is 12.2. The minimum Gasteiger partial charge on any atom is -0.292 e. The monoisotopic (exact) mass is 217 g/mol. The van der Waals surface area contributed by atoms with E-state index in [1.54, 1.807) is 0 Å². The number of hydrogen-bond acceptors (Lipinski definition) is 2. The molecule has 16 heavy (non-hydrogen) atoms. The van der Waals surface area contributed by atoms with Crippen LogP contribution < -0.4 is 0 Å². The first-order valence-electron chi connectivity index (χ1n) is 6.05. The molecule has 86 valence electrons. The Labute approximate surface area is 97.3 Å². The second-order valence-corrected chi connectivity index (χ2v) is 4.64. The Kier molecular flexibility index (Phi) is 3.39. The number of benzene rings is 1. The third-order valence-electron chi connectivity index (χ3n) is 3.54. The fraction of sp³-hybridized carbons (Fsp3) is 0.500. The minimum atomic E-state index is 0.0138. The van der Waals surface area contributed by atoms with E-state index in [2.05, 4.69) is 11.8 Å². The summed E-state index contributed by atoms with van der Waals surface area (Å²) in [5, 5.41) is 0. The van der Waals surface area contributed by atoms with Crippen LogP contribution in [-0.2, 0) is 0 Å². The van der Waals surface area contributed by atoms with Gasteiger partial charge < -0.3 is 0 Å². The van der Waals surface area contributed by atoms with Crippen LogP contribution in [0.25, 0.3) is 0 Å². The van der Waals surface area contributed by atoms with Gasteiger partial charge in [-0.1, -0.05) is 30.3 Å². The standard InChI is InChI=1S/C14H19NO/c1-11-7-6-10-15(11)12(2)14(16)13-8-4-3-5-9-13/h3-5,8-9,11-12H,6-7,10H2,1-2H3. The number of ketones is 1. The second kappa shape index (κ2) is 4.79. The van der Waals surface area contributed by atoms with Crippen molar-refractivity contribution in [2.75, 3.05) is 6.54 Å². The van der Waals surface area contributed by atoms with Gasteiger partial charge in [0.1, 0.15) is 0 Å². The minimum absolute atomic E-state index is 0.0138. The van der Waals surface area contributed by atoms with E-state index in [1.807, 2.05) is 37.3 Å². The molecule has 1 saturated heterocycles. The van der Waals surface area contributed by atoms with Gasteiger partial charge in [-0.05, 0) is 33.2 Å². The molecular formula is C14H19NO. The molecule has 0 saturated carbocycles. The first-order valence-corrected chi connectivity index (χ1v) is 6.05. The number of Topliss-reactive ketones (excluding diaryl/α,β-unsaturated/α-hetero) is 1. The summed E-state index contributed by atoms with van der Waals surface area (Å²) in [6.07, 6.45) is 2.43. The van der Waals surface area contributed by atoms with Gasteiger partial charge in [-0.2, -0.15) is 0 Å². The molecule has 1 heterocycles. The van der Waals surface area contributed by atoms with Gasteiger partial charge in [0.2, 0.25) is 0 Å². The third kappa shape index (κ3) is 2.17. The second-order valence-electron chi connectivity index (χ2n) is 4.64. The number of nitrogens with zero attached hydrogens (tertiary/aromatic N) is 1. The third-order valence-corrected chi connectivity index (χ3v) is 3.54. The van der Waals surface area contributed by atoms with Gasteiger partial charge >= 0.3 is 0 Å². The molecule has 1 aliphatic rings. The van der Waals surface area contributed by atoms with Crippen LogP contribution in [0.15, 0.2) is 30.3 Å². The summed E-state index contributed by atoms with van der Waals surface area (Å²) in [6, 6.07) is 10.2. The summed E-state index contributed by atoms with van der Waals surface area (Å²) in [4.78, 5) is 14.6. The van der Waals surface area contributed by atoms with E-state index in [9.17, 15) is 4.79 Å². The van der Waals surface area contributed by atoms with Crippen molar-refractivity contribution in [3.63, 3.8) is 0 Å². The molecule has 0 N–H and O–H groups in total. The average molecular weight is 217 g/mol. The molecule has 1 aliphatic heterocycles. The number of likely N-dealkylation sites (tertiary alicyclic amines) is 1. The highest BCUT2D eigenvalue weighted by Gasteiger charge is 2.29. The molecule has 0 spiro atoms. The van der Waals surface area contributed by atoms with E-state index in [1.165, 1.54) is 12.8 Å². The summed E-state index contributed by atoms with van der Waals surface area (Å²) in [7, 11) is 0. The Bertz CT molecular complexity index is 360. The highest BCUT2D eigenvalue weighted by atomic mass is 16.1. The molecule has 0 radical (unpaired) electrons. The smallest absolute Gasteiger partial charge is 0.179 e. The van der Waals surface area contributed by atoms with Crippen LogP contribution in [0.3, 0.4) is 0 Å². The quantitative estimate of drug-likeness (QED) is 0.726. The van der Waals surface area contributed by atoms with Crippen molar-refractivity contribution in [2.24, 2.45) is 0 Å². The van der Waals surface area contributed by atoms with Crippen molar-refractivity contribution in [1.82, 2.24) is 4.90 Å². The topological polar surface area (TPSA) is 20.3 Å². The van der Waals surface area contributed by atoms with Gasteiger partial charge in [-0.15, -0.1) is 0 Å². The van der Waals surface area contributed by atoms with E-state index in [-0.39, 0.29) is 11.8 Å². The van der Waals surface area contributed by atoms with Crippen LogP contribution in [0, 0.1) is 0 Å². The van der Waals surface area contributed by atoms with Crippen molar-refractivity contribution in [1.29, 1.82) is 0 Å². The lowest BCUT2D eigenvalue weighted by Gasteiger charge is -2.27. The highest BCUT2D eigenvalue weighted by Crippen LogP contribution is 2.21. The SMILES string of the molecule is CC1CCCN1C(C)C(=O)c1ccccc1. The lowest BCUT2D eigenvalue weighted by Crippen LogP contribution is -2.40. The molecule has 2 rings (SSSR count). The molecule has 2 atom stereocenters. The molecule has 0 amide bonds. The van der Waals surface area contributed by atoms with Crippen LogP contribution in [-0.4, -0.2) is 29.3 Å². The number of carbonyl (C=O) groups excluding carboxylic acids is 1. The van der Waals surface area contributed by atoms with Crippen LogP contribution in [0.5, 0.6) is 0 Å². The van der Waals surface area contributed by atoms with Gasteiger partial charge in [-0.3, -0.25) is 9.69 Å². The molecule has 0 aromatic heterocycles. The molecule has 2 nitrogen and oxygen atoms in total. The number of hydrogen-bond donors (Lipinski definition) is 0. The molecule has 1 aromatic rings. The number of rotatable bonds is 3. The Hall–Kier alpha value is -1.15. The maximum atomic E-state index is 12.2. The number of carbonyl (C=O) groups is 1. The molecule has 1 fully saturated rings. The molecule has 2 unspecified atom stereocenters. The summed E-state index contributed by atoms with van der Waals surface area (Å²) in [6.45, 7) is 5.29. The van der Waals surface area contributed by atoms with Gasteiger partial charge in [0.15, 0.2) is 5.78 Å². The van der Waals surface area contributed by atoms with Crippen LogP contribution in [0.1, 0.15) is 37.0 Å². The summed E-state index contributed by atoms with van der Waals surface area (Å²) in [5.41, 5.74) is 0.828. The molecule has 0 bridgehead atoms. The van der Waals surface area contributed by atoms with Crippen molar-refractivity contribution in [3.8, 4) is 0 Å². The van der Waals surface area contributed by atoms with E-state index < -0.39 is 0 Å². The van der Waals surface area contributed by atoms with Crippen LogP contribution >= 0.6 is 0 Å². The lowest BCUT2D eigenvalue weighted by atomic mass is 10.0. The predicted octanol–water partition coefficient (Wildman–Crippen LogP) is 2.74. The first kappa shape index (κ1) is 11.3. The van der Waals surface area contributed by atoms with E-state index in [0.29, 0.717) is 6.04 Å². The van der Waals surface area contributed by atoms with E-state index >= 15 is 0 Å². The van der Waals surface area contributed by atoms with Crippen LogP contribution in [0.4, 0.5) is 0 Å². The molecule has 0 aliphatic carbocycles. The summed E-state index contributed by atoms with van der Waals surface area (Å²) in [5.74, 6) is 0.245. The Balaban J connectivity index is 2.10. The zero-order valence-electron chi connectivity index (χ0n) is 10.0. The Morgan fingerprint density at radius 3 is 2.62 bits per heavy atom. The molecule has 2 heteroatoms. The zero-order valence-corrected chi connectivity index (χ0v) is 10.0. The lowest BCUT2D eigenvalue weighted by molar-refractivity contribution is 0.0829. The summed E-state index contributed by atoms with van der Waals surface area (Å²) < 4.78 is 0.